The van der Waals surface area contributed by atoms with E-state index in [1.165, 1.54) is 0 Å². The van der Waals surface area contributed by atoms with Gasteiger partial charge in [-0.1, -0.05) is 40.8 Å². The number of nitrogens with zero attached hydrogens (tertiary/aromatic N) is 2. The molecule has 2 aromatic carbocycles. The van der Waals surface area contributed by atoms with Gasteiger partial charge in [-0.2, -0.15) is 0 Å². The Morgan fingerprint density at radius 3 is 2.54 bits per heavy atom. The van der Waals surface area contributed by atoms with E-state index in [9.17, 15) is 18.4 Å². The summed E-state index contributed by atoms with van der Waals surface area (Å²) in [6.45, 7) is 1.93. The topological polar surface area (TPSA) is 84.0 Å². The number of anilines is 2. The fraction of sp³-hybridized carbons (Fsp3) is 0.111. The second kappa shape index (κ2) is 8.89. The van der Waals surface area contributed by atoms with Gasteiger partial charge in [0.2, 0.25) is 11.0 Å². The lowest BCUT2D eigenvalue weighted by Gasteiger charge is -2.05. The van der Waals surface area contributed by atoms with Gasteiger partial charge in [-0.05, 0) is 31.2 Å². The molecule has 6 nitrogen and oxygen atoms in total. The highest BCUT2D eigenvalue weighted by Crippen LogP contribution is 2.26. The fourth-order valence-corrected chi connectivity index (χ4v) is 3.64. The second-order valence-electron chi connectivity index (χ2n) is 5.65. The molecule has 0 unspecified atom stereocenters. The van der Waals surface area contributed by atoms with E-state index in [4.69, 9.17) is 0 Å². The Morgan fingerprint density at radius 2 is 1.82 bits per heavy atom. The van der Waals surface area contributed by atoms with Gasteiger partial charge >= 0.3 is 0 Å². The lowest BCUT2D eigenvalue weighted by Crippen LogP contribution is -2.15. The molecule has 2 N–H and O–H groups in total. The van der Waals surface area contributed by atoms with Gasteiger partial charge in [-0.15, -0.1) is 10.2 Å². The molecule has 1 heterocycles. The molecular formula is C18H14F2N4O2S2. The third-order valence-corrected chi connectivity index (χ3v) is 5.44. The minimum Gasteiger partial charge on any atom is -0.323 e. The van der Waals surface area contributed by atoms with Crippen LogP contribution in [0.5, 0.6) is 0 Å². The molecule has 0 aliphatic rings. The number of benzene rings is 2. The molecule has 0 spiro atoms. The average Bonchev–Trinajstić information content (AvgIpc) is 3.10. The SMILES string of the molecule is Cc1ccc(C(=O)Nc2nnc(SCC(=O)Nc3ccc(F)cc3F)s2)cc1. The van der Waals surface area contributed by atoms with Crippen molar-refractivity contribution in [1.29, 1.82) is 0 Å². The van der Waals surface area contributed by atoms with Crippen LogP contribution in [-0.4, -0.2) is 27.8 Å². The number of thioether (sulfide) groups is 1. The van der Waals surface area contributed by atoms with E-state index in [0.29, 0.717) is 21.1 Å². The Morgan fingerprint density at radius 1 is 1.07 bits per heavy atom. The normalized spacial score (nSPS) is 10.5. The maximum absolute atomic E-state index is 13.5. The minimum absolute atomic E-state index is 0.0443. The average molecular weight is 420 g/mol. The molecule has 3 rings (SSSR count). The molecule has 3 aromatic rings. The number of hydrogen-bond acceptors (Lipinski definition) is 6. The molecular weight excluding hydrogens is 406 g/mol. The van der Waals surface area contributed by atoms with Gasteiger partial charge in [-0.3, -0.25) is 14.9 Å². The molecule has 0 aliphatic carbocycles. The van der Waals surface area contributed by atoms with Gasteiger partial charge in [-0.25, -0.2) is 8.78 Å². The van der Waals surface area contributed by atoms with Crippen LogP contribution in [0.15, 0.2) is 46.8 Å². The van der Waals surface area contributed by atoms with E-state index >= 15 is 0 Å². The standard InChI is InChI=1S/C18H14F2N4O2S2/c1-10-2-4-11(5-3-10)16(26)22-17-23-24-18(28-17)27-9-15(25)21-14-7-6-12(19)8-13(14)20/h2-8H,9H2,1H3,(H,21,25)(H,22,23,26). The highest BCUT2D eigenvalue weighted by Gasteiger charge is 2.13. The van der Waals surface area contributed by atoms with Crippen LogP contribution in [0.25, 0.3) is 0 Å². The number of nitrogens with one attached hydrogen (secondary N) is 2. The lowest BCUT2D eigenvalue weighted by atomic mass is 10.1. The minimum atomic E-state index is -0.852. The van der Waals surface area contributed by atoms with Crippen LogP contribution in [0, 0.1) is 18.6 Å². The smallest absolute Gasteiger partial charge is 0.257 e. The lowest BCUT2D eigenvalue weighted by molar-refractivity contribution is -0.113. The van der Waals surface area contributed by atoms with Crippen molar-refractivity contribution in [3.05, 3.63) is 65.2 Å². The number of carbonyl (C=O) groups excluding carboxylic acids is 2. The molecule has 0 bridgehead atoms. The Balaban J connectivity index is 1.52. The first-order chi connectivity index (χ1) is 13.4. The number of aromatic nitrogens is 2. The molecule has 2 amide bonds. The van der Waals surface area contributed by atoms with Crippen LogP contribution in [0.2, 0.25) is 0 Å². The molecule has 0 aliphatic heterocycles. The number of amides is 2. The Hall–Kier alpha value is -2.85. The highest BCUT2D eigenvalue weighted by atomic mass is 32.2. The zero-order valence-corrected chi connectivity index (χ0v) is 16.2. The van der Waals surface area contributed by atoms with Crippen LogP contribution in [0.4, 0.5) is 19.6 Å². The fourth-order valence-electron chi connectivity index (χ4n) is 2.10. The largest absolute Gasteiger partial charge is 0.323 e. The molecule has 28 heavy (non-hydrogen) atoms. The predicted octanol–water partition coefficient (Wildman–Crippen LogP) is 4.11. The zero-order chi connectivity index (χ0) is 20.1. The summed E-state index contributed by atoms with van der Waals surface area (Å²) in [6.07, 6.45) is 0. The number of aryl methyl sites for hydroxylation is 1. The summed E-state index contributed by atoms with van der Waals surface area (Å²) in [4.78, 5) is 24.1. The van der Waals surface area contributed by atoms with Crippen LogP contribution < -0.4 is 10.6 Å². The molecule has 0 fully saturated rings. The van der Waals surface area contributed by atoms with Crippen molar-refractivity contribution >= 4 is 45.7 Å². The first kappa shape index (κ1) is 19.9. The van der Waals surface area contributed by atoms with Gasteiger partial charge < -0.3 is 5.32 Å². The van der Waals surface area contributed by atoms with E-state index in [1.807, 2.05) is 19.1 Å². The molecule has 0 atom stereocenters. The van der Waals surface area contributed by atoms with Gasteiger partial charge in [0.1, 0.15) is 11.6 Å². The summed E-state index contributed by atoms with van der Waals surface area (Å²) in [5.74, 6) is -2.40. The Bertz CT molecular complexity index is 1010. The molecule has 10 heteroatoms. The summed E-state index contributed by atoms with van der Waals surface area (Å²) >= 11 is 2.21. The van der Waals surface area contributed by atoms with Gasteiger partial charge in [0.25, 0.3) is 5.91 Å². The Labute approximate surface area is 167 Å². The Kier molecular flexibility index (Phi) is 6.32. The van der Waals surface area contributed by atoms with Gasteiger partial charge in [0, 0.05) is 11.6 Å². The first-order valence-corrected chi connectivity index (χ1v) is 9.80. The van der Waals surface area contributed by atoms with Crippen LogP contribution in [0.1, 0.15) is 15.9 Å². The van der Waals surface area contributed by atoms with Crippen LogP contribution in [0.3, 0.4) is 0 Å². The summed E-state index contributed by atoms with van der Waals surface area (Å²) < 4.78 is 26.9. The molecule has 0 saturated carbocycles. The number of halogens is 2. The van der Waals surface area contributed by atoms with E-state index in [-0.39, 0.29) is 17.3 Å². The summed E-state index contributed by atoms with van der Waals surface area (Å²) in [7, 11) is 0. The van der Waals surface area contributed by atoms with Crippen molar-refractivity contribution in [3.63, 3.8) is 0 Å². The summed E-state index contributed by atoms with van der Waals surface area (Å²) in [5, 5.41) is 13.1. The molecule has 0 saturated heterocycles. The van der Waals surface area contributed by atoms with E-state index in [0.717, 1.165) is 40.8 Å². The monoisotopic (exact) mass is 420 g/mol. The van der Waals surface area contributed by atoms with Crippen molar-refractivity contribution in [3.8, 4) is 0 Å². The maximum atomic E-state index is 13.5. The van der Waals surface area contributed by atoms with Crippen molar-refractivity contribution < 1.29 is 18.4 Å². The van der Waals surface area contributed by atoms with Gasteiger partial charge in [0.15, 0.2) is 4.34 Å². The quantitative estimate of drug-likeness (QED) is 0.463. The second-order valence-corrected chi connectivity index (χ2v) is 7.85. The number of carbonyl (C=O) groups is 2. The molecule has 0 radical (unpaired) electrons. The third kappa shape index (κ3) is 5.33. The van der Waals surface area contributed by atoms with E-state index < -0.39 is 17.5 Å². The van der Waals surface area contributed by atoms with E-state index in [1.54, 1.807) is 12.1 Å². The summed E-state index contributed by atoms with van der Waals surface area (Å²) in [5.41, 5.74) is 1.44. The van der Waals surface area contributed by atoms with Crippen molar-refractivity contribution in [2.24, 2.45) is 0 Å². The zero-order valence-electron chi connectivity index (χ0n) is 14.5. The first-order valence-electron chi connectivity index (χ1n) is 8.00. The molecule has 1 aromatic heterocycles. The van der Waals surface area contributed by atoms with E-state index in [2.05, 4.69) is 20.8 Å². The van der Waals surface area contributed by atoms with Crippen LogP contribution >= 0.6 is 23.1 Å². The summed E-state index contributed by atoms with van der Waals surface area (Å²) in [6, 6.07) is 9.98. The number of hydrogen-bond donors (Lipinski definition) is 2. The van der Waals surface area contributed by atoms with Crippen molar-refractivity contribution in [2.45, 2.75) is 11.3 Å². The number of rotatable bonds is 6. The third-order valence-electron chi connectivity index (χ3n) is 3.47. The predicted molar refractivity (Wildman–Crippen MR) is 105 cm³/mol. The van der Waals surface area contributed by atoms with Crippen molar-refractivity contribution in [1.82, 2.24) is 10.2 Å². The van der Waals surface area contributed by atoms with Crippen LogP contribution in [-0.2, 0) is 4.79 Å². The van der Waals surface area contributed by atoms with Crippen molar-refractivity contribution in [2.75, 3.05) is 16.4 Å². The van der Waals surface area contributed by atoms with Gasteiger partial charge in [0.05, 0.1) is 11.4 Å². The molecule has 144 valence electrons. The maximum Gasteiger partial charge on any atom is 0.257 e. The highest BCUT2D eigenvalue weighted by molar-refractivity contribution is 8.01.